The zero-order valence-electron chi connectivity index (χ0n) is 16.9. The Morgan fingerprint density at radius 1 is 1.29 bits per heavy atom. The molecule has 2 aliphatic rings. The molecule has 1 saturated carbocycles. The molecule has 0 aliphatic heterocycles. The van der Waals surface area contributed by atoms with Gasteiger partial charge in [0.25, 0.3) is 0 Å². The molecule has 4 N–H and O–H groups in total. The van der Waals surface area contributed by atoms with Gasteiger partial charge in [-0.25, -0.2) is 9.18 Å². The number of nitrogens with zero attached hydrogens (tertiary/aromatic N) is 2. The lowest BCUT2D eigenvalue weighted by Gasteiger charge is -2.13. The van der Waals surface area contributed by atoms with Crippen molar-refractivity contribution in [2.24, 2.45) is 5.73 Å². The van der Waals surface area contributed by atoms with E-state index in [1.54, 1.807) is 13.0 Å². The van der Waals surface area contributed by atoms with Crippen molar-refractivity contribution in [1.29, 1.82) is 0 Å². The lowest BCUT2D eigenvalue weighted by atomic mass is 9.95. The van der Waals surface area contributed by atoms with Gasteiger partial charge in [-0.15, -0.1) is 0 Å². The highest BCUT2D eigenvalue weighted by atomic mass is 35.5. The molecule has 3 aromatic rings. The maximum atomic E-state index is 14.7. The number of carbonyl (C=O) groups is 1. The standard InChI is InChI=1S/C19H15ClFN3O3.C3H7N/c1-9-22-18(24-27-9)17-14(7-12(20)8-15(17)21)11-2-4-13-10(6-11)3-5-16(13)23-19(25)26;4-3-1-2-3/h2,4,6-8,16,23H,3,5H2,1H3,(H,25,26);3H,1-2,4H2/t16-;/m0./s1. The van der Waals surface area contributed by atoms with Crippen LogP contribution in [0.25, 0.3) is 22.5 Å². The molecular formula is C22H22ClFN4O3. The smallest absolute Gasteiger partial charge is 0.405 e. The summed E-state index contributed by atoms with van der Waals surface area (Å²) in [5, 5.41) is 15.6. The van der Waals surface area contributed by atoms with Crippen molar-refractivity contribution >= 4 is 17.7 Å². The minimum Gasteiger partial charge on any atom is -0.465 e. The second kappa shape index (κ2) is 8.64. The van der Waals surface area contributed by atoms with Crippen LogP contribution in [0.2, 0.25) is 5.02 Å². The zero-order chi connectivity index (χ0) is 22.1. The van der Waals surface area contributed by atoms with E-state index in [9.17, 15) is 9.18 Å². The molecule has 0 radical (unpaired) electrons. The highest BCUT2D eigenvalue weighted by molar-refractivity contribution is 6.31. The number of nitrogens with one attached hydrogen (secondary N) is 1. The Morgan fingerprint density at radius 2 is 2.03 bits per heavy atom. The quantitative estimate of drug-likeness (QED) is 0.531. The molecule has 0 spiro atoms. The molecule has 7 nitrogen and oxygen atoms in total. The van der Waals surface area contributed by atoms with Crippen molar-refractivity contribution in [1.82, 2.24) is 15.5 Å². The minimum absolute atomic E-state index is 0.155. The predicted octanol–water partition coefficient (Wildman–Crippen LogP) is 4.87. The van der Waals surface area contributed by atoms with Crippen molar-refractivity contribution in [3.8, 4) is 22.5 Å². The number of hydrogen-bond acceptors (Lipinski definition) is 5. The number of benzene rings is 2. The number of amides is 1. The molecule has 1 atom stereocenters. The Morgan fingerprint density at radius 3 is 2.65 bits per heavy atom. The first-order chi connectivity index (χ1) is 14.8. The minimum atomic E-state index is -1.05. The van der Waals surface area contributed by atoms with E-state index in [4.69, 9.17) is 27.0 Å². The number of aromatic nitrogens is 2. The molecule has 1 amide bonds. The number of fused-ring (bicyclic) bond motifs is 1. The van der Waals surface area contributed by atoms with Gasteiger partial charge in [0.2, 0.25) is 11.7 Å². The van der Waals surface area contributed by atoms with Crippen LogP contribution in [0.4, 0.5) is 9.18 Å². The van der Waals surface area contributed by atoms with Gasteiger partial charge in [-0.3, -0.25) is 0 Å². The number of nitrogens with two attached hydrogens (primary N) is 1. The fraction of sp³-hybridized carbons (Fsp3) is 0.318. The number of hydrogen-bond donors (Lipinski definition) is 3. The van der Waals surface area contributed by atoms with Crippen LogP contribution in [0.15, 0.2) is 34.9 Å². The van der Waals surface area contributed by atoms with Crippen LogP contribution in [-0.4, -0.2) is 27.4 Å². The summed E-state index contributed by atoms with van der Waals surface area (Å²) in [6.45, 7) is 1.63. The Kier molecular flexibility index (Phi) is 5.93. The molecule has 1 heterocycles. The lowest BCUT2D eigenvalue weighted by Crippen LogP contribution is -2.24. The molecule has 0 saturated heterocycles. The summed E-state index contributed by atoms with van der Waals surface area (Å²) in [4.78, 5) is 15.1. The summed E-state index contributed by atoms with van der Waals surface area (Å²) < 4.78 is 19.7. The summed E-state index contributed by atoms with van der Waals surface area (Å²) in [7, 11) is 0. The summed E-state index contributed by atoms with van der Waals surface area (Å²) in [6.07, 6.45) is 2.89. The van der Waals surface area contributed by atoms with Crippen LogP contribution >= 0.6 is 11.6 Å². The summed E-state index contributed by atoms with van der Waals surface area (Å²) in [6, 6.07) is 8.84. The molecule has 162 valence electrons. The van der Waals surface area contributed by atoms with Crippen LogP contribution in [0, 0.1) is 12.7 Å². The average molecular weight is 445 g/mol. The fourth-order valence-electron chi connectivity index (χ4n) is 3.61. The van der Waals surface area contributed by atoms with Crippen molar-refractivity contribution in [3.63, 3.8) is 0 Å². The Hall–Kier alpha value is -2.97. The van der Waals surface area contributed by atoms with Crippen molar-refractivity contribution in [2.45, 2.75) is 44.7 Å². The molecule has 2 aromatic carbocycles. The number of rotatable bonds is 3. The molecule has 2 aliphatic carbocycles. The largest absolute Gasteiger partial charge is 0.465 e. The summed E-state index contributed by atoms with van der Waals surface area (Å²) >= 11 is 6.08. The van der Waals surface area contributed by atoms with Crippen LogP contribution < -0.4 is 11.1 Å². The topological polar surface area (TPSA) is 114 Å². The van der Waals surface area contributed by atoms with Crippen LogP contribution in [0.3, 0.4) is 0 Å². The molecular weight excluding hydrogens is 423 g/mol. The third-order valence-corrected chi connectivity index (χ3v) is 5.48. The maximum Gasteiger partial charge on any atom is 0.405 e. The first kappa shape index (κ1) is 21.3. The number of aryl methyl sites for hydroxylation is 2. The highest BCUT2D eigenvalue weighted by Crippen LogP contribution is 2.39. The van der Waals surface area contributed by atoms with Gasteiger partial charge in [0, 0.05) is 18.0 Å². The summed E-state index contributed by atoms with van der Waals surface area (Å²) in [5.41, 5.74) is 8.69. The summed E-state index contributed by atoms with van der Waals surface area (Å²) in [5.74, 6) is -0.0476. The molecule has 9 heteroatoms. The van der Waals surface area contributed by atoms with Gasteiger partial charge in [0.1, 0.15) is 5.82 Å². The second-order valence-corrected chi connectivity index (χ2v) is 8.18. The molecule has 0 bridgehead atoms. The van der Waals surface area contributed by atoms with E-state index in [1.807, 2.05) is 18.2 Å². The number of halogens is 2. The predicted molar refractivity (Wildman–Crippen MR) is 114 cm³/mol. The SMILES string of the molecule is Cc1nc(-c2c(F)cc(Cl)cc2-c2ccc3c(c2)CC[C@@H]3NC(=O)O)no1.NC1CC1. The molecule has 5 rings (SSSR count). The van der Waals surface area contributed by atoms with E-state index in [0.29, 0.717) is 23.9 Å². The van der Waals surface area contributed by atoms with Crippen molar-refractivity contribution < 1.29 is 18.8 Å². The molecule has 31 heavy (non-hydrogen) atoms. The van der Waals surface area contributed by atoms with Gasteiger partial charge >= 0.3 is 6.09 Å². The van der Waals surface area contributed by atoms with E-state index in [0.717, 1.165) is 23.1 Å². The Labute approximate surface area is 183 Å². The second-order valence-electron chi connectivity index (χ2n) is 7.74. The first-order valence-electron chi connectivity index (χ1n) is 9.99. The van der Waals surface area contributed by atoms with E-state index < -0.39 is 11.9 Å². The van der Waals surface area contributed by atoms with Crippen LogP contribution in [-0.2, 0) is 6.42 Å². The third-order valence-electron chi connectivity index (χ3n) is 5.26. The van der Waals surface area contributed by atoms with E-state index in [1.165, 1.54) is 18.9 Å². The third kappa shape index (κ3) is 4.86. The maximum absolute atomic E-state index is 14.7. The Balaban J connectivity index is 0.000000520. The van der Waals surface area contributed by atoms with E-state index >= 15 is 0 Å². The molecule has 1 fully saturated rings. The highest BCUT2D eigenvalue weighted by Gasteiger charge is 2.25. The van der Waals surface area contributed by atoms with Gasteiger partial charge in [0.15, 0.2) is 0 Å². The van der Waals surface area contributed by atoms with Crippen LogP contribution in [0.1, 0.15) is 42.3 Å². The monoisotopic (exact) mass is 444 g/mol. The van der Waals surface area contributed by atoms with Gasteiger partial charge in [-0.05, 0) is 60.1 Å². The Bertz CT molecular complexity index is 1130. The van der Waals surface area contributed by atoms with Gasteiger partial charge in [0.05, 0.1) is 11.6 Å². The van der Waals surface area contributed by atoms with E-state index in [-0.39, 0.29) is 22.5 Å². The first-order valence-corrected chi connectivity index (χ1v) is 10.4. The normalized spacial score (nSPS) is 17.0. The van der Waals surface area contributed by atoms with Gasteiger partial charge in [-0.2, -0.15) is 4.98 Å². The number of carboxylic acid groups (broad SMARTS) is 1. The van der Waals surface area contributed by atoms with Crippen LogP contribution in [0.5, 0.6) is 0 Å². The fourth-order valence-corrected chi connectivity index (χ4v) is 3.81. The van der Waals surface area contributed by atoms with Gasteiger partial charge < -0.3 is 20.7 Å². The van der Waals surface area contributed by atoms with Crippen molar-refractivity contribution in [3.05, 3.63) is 58.2 Å². The van der Waals surface area contributed by atoms with Crippen molar-refractivity contribution in [2.75, 3.05) is 0 Å². The molecule has 1 aromatic heterocycles. The zero-order valence-corrected chi connectivity index (χ0v) is 17.6. The average Bonchev–Trinajstić information content (AvgIpc) is 3.21. The van der Waals surface area contributed by atoms with Gasteiger partial charge in [-0.1, -0.05) is 35.0 Å². The lowest BCUT2D eigenvalue weighted by molar-refractivity contribution is 0.190. The van der Waals surface area contributed by atoms with E-state index in [2.05, 4.69) is 15.5 Å². The molecule has 0 unspecified atom stereocenters.